The van der Waals surface area contributed by atoms with Crippen LogP contribution in [0.2, 0.25) is 5.02 Å². The van der Waals surface area contributed by atoms with E-state index in [-0.39, 0.29) is 5.84 Å². The van der Waals surface area contributed by atoms with Gasteiger partial charge < -0.3 is 10.6 Å². The minimum Gasteiger partial charge on any atom is -0.382 e. The molecule has 0 saturated heterocycles. The normalized spacial score (nSPS) is 10.2. The van der Waals surface area contributed by atoms with Gasteiger partial charge in [0, 0.05) is 24.8 Å². The third-order valence-electron chi connectivity index (χ3n) is 2.59. The summed E-state index contributed by atoms with van der Waals surface area (Å²) in [7, 11) is 1.88. The number of rotatable bonds is 4. The summed E-state index contributed by atoms with van der Waals surface area (Å²) in [6, 6.07) is 9.21. The number of aromatic nitrogens is 2. The Kier molecular flexibility index (Phi) is 3.97. The van der Waals surface area contributed by atoms with Gasteiger partial charge in [0.25, 0.3) is 0 Å². The molecule has 0 aliphatic heterocycles. The second-order valence-corrected chi connectivity index (χ2v) is 4.57. The molecule has 0 radical (unpaired) electrons. The molecule has 98 valence electrons. The van der Waals surface area contributed by atoms with E-state index in [0.717, 1.165) is 5.56 Å². The van der Waals surface area contributed by atoms with Crippen molar-refractivity contribution in [1.29, 1.82) is 5.41 Å². The van der Waals surface area contributed by atoms with E-state index in [1.54, 1.807) is 12.3 Å². The monoisotopic (exact) mass is 275 g/mol. The van der Waals surface area contributed by atoms with Gasteiger partial charge in [0.15, 0.2) is 0 Å². The molecule has 0 bridgehead atoms. The molecule has 0 aliphatic carbocycles. The molecule has 2 rings (SSSR count). The fraction of sp³-hybridized carbons (Fsp3) is 0.154. The molecule has 5 nitrogen and oxygen atoms in total. The molecule has 0 saturated carbocycles. The van der Waals surface area contributed by atoms with Gasteiger partial charge in [-0.05, 0) is 23.8 Å². The lowest BCUT2D eigenvalue weighted by molar-refractivity contribution is 0.864. The van der Waals surface area contributed by atoms with Crippen molar-refractivity contribution in [3.63, 3.8) is 0 Å². The standard InChI is InChI=1S/C13H14ClN5/c1-19(8-9-2-4-10(14)5-3-9)13-17-7-6-11(18-13)12(15)16/h2-7H,8H2,1H3,(H3,15,16). The van der Waals surface area contributed by atoms with Crippen LogP contribution in [0.25, 0.3) is 0 Å². The number of nitrogens with one attached hydrogen (secondary N) is 1. The molecule has 1 aromatic heterocycles. The molecule has 0 atom stereocenters. The Morgan fingerprint density at radius 1 is 1.32 bits per heavy atom. The number of nitrogens with two attached hydrogens (primary N) is 1. The largest absolute Gasteiger partial charge is 0.382 e. The van der Waals surface area contributed by atoms with E-state index in [0.29, 0.717) is 23.2 Å². The van der Waals surface area contributed by atoms with E-state index >= 15 is 0 Å². The predicted octanol–water partition coefficient (Wildman–Crippen LogP) is 2.05. The molecule has 3 N–H and O–H groups in total. The molecule has 0 fully saturated rings. The molecule has 2 aromatic rings. The highest BCUT2D eigenvalue weighted by molar-refractivity contribution is 6.30. The molecule has 0 unspecified atom stereocenters. The first-order valence-corrected chi connectivity index (χ1v) is 6.07. The maximum atomic E-state index is 7.37. The van der Waals surface area contributed by atoms with Crippen molar-refractivity contribution in [2.45, 2.75) is 6.54 Å². The number of anilines is 1. The van der Waals surface area contributed by atoms with Gasteiger partial charge in [0.2, 0.25) is 5.95 Å². The topological polar surface area (TPSA) is 78.9 Å². The fourth-order valence-corrected chi connectivity index (χ4v) is 1.74. The van der Waals surface area contributed by atoms with Crippen molar-refractivity contribution in [2.24, 2.45) is 5.73 Å². The summed E-state index contributed by atoms with van der Waals surface area (Å²) in [5, 5.41) is 8.08. The van der Waals surface area contributed by atoms with Crippen LogP contribution in [0.3, 0.4) is 0 Å². The van der Waals surface area contributed by atoms with E-state index in [4.69, 9.17) is 22.7 Å². The number of benzene rings is 1. The molecular weight excluding hydrogens is 262 g/mol. The zero-order valence-electron chi connectivity index (χ0n) is 10.5. The minimum atomic E-state index is -0.0662. The smallest absolute Gasteiger partial charge is 0.226 e. The van der Waals surface area contributed by atoms with E-state index in [1.807, 2.05) is 36.2 Å². The highest BCUT2D eigenvalue weighted by atomic mass is 35.5. The Balaban J connectivity index is 2.15. The van der Waals surface area contributed by atoms with Gasteiger partial charge >= 0.3 is 0 Å². The maximum absolute atomic E-state index is 7.37. The fourth-order valence-electron chi connectivity index (χ4n) is 1.62. The maximum Gasteiger partial charge on any atom is 0.226 e. The van der Waals surface area contributed by atoms with Gasteiger partial charge in [-0.2, -0.15) is 0 Å². The molecule has 0 amide bonds. The van der Waals surface area contributed by atoms with Gasteiger partial charge in [0.05, 0.1) is 0 Å². The summed E-state index contributed by atoms with van der Waals surface area (Å²) < 4.78 is 0. The molecule has 19 heavy (non-hydrogen) atoms. The van der Waals surface area contributed by atoms with E-state index in [2.05, 4.69) is 9.97 Å². The third-order valence-corrected chi connectivity index (χ3v) is 2.85. The second kappa shape index (κ2) is 5.67. The van der Waals surface area contributed by atoms with Crippen LogP contribution in [0.15, 0.2) is 36.5 Å². The highest BCUT2D eigenvalue weighted by Gasteiger charge is 2.07. The Labute approximate surface area is 116 Å². The molecule has 0 spiro atoms. The van der Waals surface area contributed by atoms with Crippen LogP contribution < -0.4 is 10.6 Å². The zero-order valence-corrected chi connectivity index (χ0v) is 11.2. The Hall–Kier alpha value is -2.14. The van der Waals surface area contributed by atoms with Gasteiger partial charge in [0.1, 0.15) is 11.5 Å². The SMILES string of the molecule is CN(Cc1ccc(Cl)cc1)c1nccc(C(=N)N)n1. The summed E-state index contributed by atoms with van der Waals surface area (Å²) in [5.74, 6) is 0.464. The van der Waals surface area contributed by atoms with E-state index < -0.39 is 0 Å². The van der Waals surface area contributed by atoms with Crippen LogP contribution in [-0.2, 0) is 6.54 Å². The van der Waals surface area contributed by atoms with Crippen molar-refractivity contribution < 1.29 is 0 Å². The Morgan fingerprint density at radius 3 is 2.63 bits per heavy atom. The number of halogens is 1. The average molecular weight is 276 g/mol. The molecule has 6 heteroatoms. The van der Waals surface area contributed by atoms with Crippen LogP contribution in [0.5, 0.6) is 0 Å². The number of amidine groups is 1. The lowest BCUT2D eigenvalue weighted by atomic mass is 10.2. The van der Waals surface area contributed by atoms with Crippen molar-refractivity contribution in [3.05, 3.63) is 52.8 Å². The van der Waals surface area contributed by atoms with Gasteiger partial charge in [-0.15, -0.1) is 0 Å². The first-order valence-electron chi connectivity index (χ1n) is 5.69. The zero-order chi connectivity index (χ0) is 13.8. The molecular formula is C13H14ClN5. The van der Waals surface area contributed by atoms with Gasteiger partial charge in [-0.1, -0.05) is 23.7 Å². The summed E-state index contributed by atoms with van der Waals surface area (Å²) in [6.45, 7) is 0.651. The summed E-state index contributed by atoms with van der Waals surface area (Å²) in [6.07, 6.45) is 1.59. The molecule has 1 aromatic carbocycles. The summed E-state index contributed by atoms with van der Waals surface area (Å²) >= 11 is 5.85. The lowest BCUT2D eigenvalue weighted by Crippen LogP contribution is -2.21. The number of nitrogens with zero attached hydrogens (tertiary/aromatic N) is 3. The van der Waals surface area contributed by atoms with Crippen molar-refractivity contribution in [1.82, 2.24) is 9.97 Å². The van der Waals surface area contributed by atoms with Crippen molar-refractivity contribution in [3.8, 4) is 0 Å². The highest BCUT2D eigenvalue weighted by Crippen LogP contribution is 2.13. The van der Waals surface area contributed by atoms with Crippen LogP contribution in [0.1, 0.15) is 11.3 Å². The third kappa shape index (κ3) is 3.42. The van der Waals surface area contributed by atoms with E-state index in [1.165, 1.54) is 0 Å². The Morgan fingerprint density at radius 2 is 2.00 bits per heavy atom. The van der Waals surface area contributed by atoms with Crippen LogP contribution >= 0.6 is 11.6 Å². The van der Waals surface area contributed by atoms with Crippen molar-refractivity contribution in [2.75, 3.05) is 11.9 Å². The van der Waals surface area contributed by atoms with Crippen LogP contribution in [-0.4, -0.2) is 22.9 Å². The van der Waals surface area contributed by atoms with E-state index in [9.17, 15) is 0 Å². The number of hydrogen-bond acceptors (Lipinski definition) is 4. The summed E-state index contributed by atoms with van der Waals surface area (Å²) in [5.41, 5.74) is 6.94. The molecule has 1 heterocycles. The Bertz CT molecular complexity index is 582. The number of hydrogen-bond donors (Lipinski definition) is 2. The second-order valence-electron chi connectivity index (χ2n) is 4.14. The minimum absolute atomic E-state index is 0.0662. The van der Waals surface area contributed by atoms with Crippen molar-refractivity contribution >= 4 is 23.4 Å². The van der Waals surface area contributed by atoms with Crippen LogP contribution in [0, 0.1) is 5.41 Å². The summed E-state index contributed by atoms with van der Waals surface area (Å²) in [4.78, 5) is 10.3. The lowest BCUT2D eigenvalue weighted by Gasteiger charge is -2.17. The predicted molar refractivity (Wildman–Crippen MR) is 76.6 cm³/mol. The number of nitrogen functional groups attached to an aromatic ring is 1. The quantitative estimate of drug-likeness (QED) is 0.661. The average Bonchev–Trinajstić information content (AvgIpc) is 2.41. The first-order chi connectivity index (χ1) is 9.06. The first kappa shape index (κ1) is 13.3. The molecule has 0 aliphatic rings. The van der Waals surface area contributed by atoms with Crippen LogP contribution in [0.4, 0.5) is 5.95 Å². The van der Waals surface area contributed by atoms with Gasteiger partial charge in [-0.3, -0.25) is 5.41 Å². The van der Waals surface area contributed by atoms with Gasteiger partial charge in [-0.25, -0.2) is 9.97 Å².